The first-order valence-corrected chi connectivity index (χ1v) is 5.66. The zero-order chi connectivity index (χ0) is 8.91. The summed E-state index contributed by atoms with van der Waals surface area (Å²) in [6, 6.07) is 0. The summed E-state index contributed by atoms with van der Waals surface area (Å²) in [4.78, 5) is 10.8. The normalized spacial score (nSPS) is 11.3. The van der Waals surface area contributed by atoms with Crippen LogP contribution in [0.1, 0.15) is 20.8 Å². The van der Waals surface area contributed by atoms with Crippen LogP contribution in [0.5, 0.6) is 0 Å². The number of halogens is 1. The Morgan fingerprint density at radius 3 is 2.45 bits per heavy atom. The van der Waals surface area contributed by atoms with Crippen molar-refractivity contribution >= 4 is 31.3 Å². The van der Waals surface area contributed by atoms with Gasteiger partial charge in [0.15, 0.2) is 6.61 Å². The molecule has 0 amide bonds. The van der Waals surface area contributed by atoms with E-state index in [2.05, 4.69) is 14.8 Å². The fourth-order valence-corrected chi connectivity index (χ4v) is 0.862. The minimum Gasteiger partial charge on any atom is -0.458 e. The third-order valence-corrected chi connectivity index (χ3v) is 1.41. The van der Waals surface area contributed by atoms with Crippen LogP contribution in [0.15, 0.2) is 0 Å². The molecule has 11 heavy (non-hydrogen) atoms. The molecular weight excluding hydrogens is 232 g/mol. The molecule has 0 atom stereocenters. The molecule has 0 saturated heterocycles. The van der Waals surface area contributed by atoms with Crippen LogP contribution in [-0.2, 0) is 13.7 Å². The summed E-state index contributed by atoms with van der Waals surface area (Å²) < 4.78 is 9.64. The van der Waals surface area contributed by atoms with Crippen molar-refractivity contribution in [3.05, 3.63) is 0 Å². The molecule has 0 aromatic carbocycles. The highest BCUT2D eigenvalue weighted by Gasteiger charge is 2.15. The predicted molar refractivity (Wildman–Crippen MR) is 48.3 cm³/mol. The smallest absolute Gasteiger partial charge is 0.334 e. The molecule has 0 aliphatic rings. The molecule has 0 heterocycles. The molecule has 0 aromatic heterocycles. The number of esters is 1. The van der Waals surface area contributed by atoms with E-state index in [0.717, 1.165) is 10.5 Å². The summed E-state index contributed by atoms with van der Waals surface area (Å²) in [5.74, 6) is -0.357. The molecule has 0 aliphatic carbocycles. The second-order valence-corrected chi connectivity index (χ2v) is 4.07. The molecule has 3 nitrogen and oxygen atoms in total. The van der Waals surface area contributed by atoms with Gasteiger partial charge in [-0.15, -0.1) is 0 Å². The topological polar surface area (TPSA) is 35.5 Å². The quantitative estimate of drug-likeness (QED) is 0.562. The summed E-state index contributed by atoms with van der Waals surface area (Å²) in [7, 11) is 0.968. The van der Waals surface area contributed by atoms with Crippen LogP contribution in [0.25, 0.3) is 0 Å². The molecule has 66 valence electrons. The maximum atomic E-state index is 10.8. The van der Waals surface area contributed by atoms with E-state index in [1.165, 1.54) is 0 Å². The van der Waals surface area contributed by atoms with Crippen molar-refractivity contribution in [1.82, 2.24) is 0 Å². The Bertz CT molecular complexity index is 132. The minimum absolute atomic E-state index is 0.0345. The average molecular weight is 243 g/mol. The van der Waals surface area contributed by atoms with Crippen LogP contribution in [0.4, 0.5) is 0 Å². The Morgan fingerprint density at radius 1 is 1.55 bits per heavy atom. The third-order valence-electron chi connectivity index (χ3n) is 0.641. The van der Waals surface area contributed by atoms with Gasteiger partial charge in [0.1, 0.15) is 5.60 Å². The zero-order valence-electron chi connectivity index (χ0n) is 6.72. The second-order valence-electron chi connectivity index (χ2n) is 2.91. The number of hydrogen-bond acceptors (Lipinski definition) is 4. The SMILES string of the molecule is CC(C)(C)OC(=O)COSBr. The summed E-state index contributed by atoms with van der Waals surface area (Å²) >= 11 is 2.94. The Hall–Kier alpha value is 0.260. The van der Waals surface area contributed by atoms with Gasteiger partial charge in [-0.3, -0.25) is 4.18 Å². The number of ether oxygens (including phenoxy) is 1. The van der Waals surface area contributed by atoms with E-state index in [9.17, 15) is 4.79 Å². The lowest BCUT2D eigenvalue weighted by Crippen LogP contribution is -2.25. The largest absolute Gasteiger partial charge is 0.458 e. The van der Waals surface area contributed by atoms with Gasteiger partial charge in [-0.2, -0.15) is 0 Å². The monoisotopic (exact) mass is 242 g/mol. The lowest BCUT2D eigenvalue weighted by molar-refractivity contribution is -0.156. The molecule has 0 spiro atoms. The Labute approximate surface area is 78.2 Å². The Morgan fingerprint density at radius 2 is 2.09 bits per heavy atom. The van der Waals surface area contributed by atoms with E-state index < -0.39 is 5.60 Å². The molecule has 0 aromatic rings. The molecule has 0 radical (unpaired) electrons. The van der Waals surface area contributed by atoms with E-state index in [4.69, 9.17) is 8.92 Å². The Balaban J connectivity index is 3.53. The lowest BCUT2D eigenvalue weighted by Gasteiger charge is -2.18. The number of hydrogen-bond donors (Lipinski definition) is 0. The van der Waals surface area contributed by atoms with Gasteiger partial charge in [0.05, 0.1) is 10.5 Å². The van der Waals surface area contributed by atoms with Crippen LogP contribution >= 0.6 is 25.3 Å². The fourth-order valence-electron chi connectivity index (χ4n) is 0.441. The van der Waals surface area contributed by atoms with Gasteiger partial charge in [-0.1, -0.05) is 0 Å². The van der Waals surface area contributed by atoms with Crippen LogP contribution < -0.4 is 0 Å². The average Bonchev–Trinajstić information content (AvgIpc) is 1.79. The van der Waals surface area contributed by atoms with Crippen LogP contribution in [0.2, 0.25) is 0 Å². The first kappa shape index (κ1) is 11.3. The summed E-state index contributed by atoms with van der Waals surface area (Å²) in [6.45, 7) is 5.40. The van der Waals surface area contributed by atoms with E-state index in [1.807, 2.05) is 20.8 Å². The fraction of sp³-hybridized carbons (Fsp3) is 0.833. The van der Waals surface area contributed by atoms with Crippen LogP contribution in [-0.4, -0.2) is 18.2 Å². The van der Waals surface area contributed by atoms with Gasteiger partial charge in [-0.25, -0.2) is 4.79 Å². The molecule has 0 fully saturated rings. The first-order chi connectivity index (χ1) is 4.95. The van der Waals surface area contributed by atoms with E-state index >= 15 is 0 Å². The molecular formula is C6H11BrO3S. The lowest BCUT2D eigenvalue weighted by atomic mass is 10.2. The van der Waals surface area contributed by atoms with E-state index in [-0.39, 0.29) is 12.6 Å². The minimum atomic E-state index is -0.433. The van der Waals surface area contributed by atoms with Crippen molar-refractivity contribution in [3.8, 4) is 0 Å². The maximum absolute atomic E-state index is 10.8. The van der Waals surface area contributed by atoms with Gasteiger partial charge >= 0.3 is 5.97 Å². The van der Waals surface area contributed by atoms with Crippen molar-refractivity contribution in [3.63, 3.8) is 0 Å². The number of carbonyl (C=O) groups is 1. The molecule has 0 aliphatic heterocycles. The molecule has 0 rings (SSSR count). The molecule has 0 bridgehead atoms. The van der Waals surface area contributed by atoms with Gasteiger partial charge in [0, 0.05) is 14.8 Å². The van der Waals surface area contributed by atoms with Crippen molar-refractivity contribution in [1.29, 1.82) is 0 Å². The van der Waals surface area contributed by atoms with E-state index in [1.54, 1.807) is 0 Å². The zero-order valence-corrected chi connectivity index (χ0v) is 9.12. The van der Waals surface area contributed by atoms with Crippen molar-refractivity contribution in [2.45, 2.75) is 26.4 Å². The number of carbonyl (C=O) groups excluding carboxylic acids is 1. The van der Waals surface area contributed by atoms with Crippen LogP contribution in [0.3, 0.4) is 0 Å². The number of rotatable bonds is 3. The van der Waals surface area contributed by atoms with Gasteiger partial charge in [-0.05, 0) is 20.8 Å². The summed E-state index contributed by atoms with van der Waals surface area (Å²) in [5, 5.41) is 0. The second kappa shape index (κ2) is 5.00. The molecule has 0 unspecified atom stereocenters. The third kappa shape index (κ3) is 8.16. The van der Waals surface area contributed by atoms with Gasteiger partial charge in [0.25, 0.3) is 0 Å². The Kier molecular flexibility index (Phi) is 5.12. The van der Waals surface area contributed by atoms with Crippen molar-refractivity contribution in [2.24, 2.45) is 0 Å². The predicted octanol–water partition coefficient (Wildman–Crippen LogP) is 2.30. The van der Waals surface area contributed by atoms with E-state index in [0.29, 0.717) is 0 Å². The van der Waals surface area contributed by atoms with Crippen molar-refractivity contribution in [2.75, 3.05) is 6.61 Å². The standard InChI is InChI=1S/C6H11BrO3S/c1-6(2,3)10-5(8)4-9-11-7/h4H2,1-3H3. The highest BCUT2D eigenvalue weighted by Crippen LogP contribution is 2.12. The van der Waals surface area contributed by atoms with Crippen LogP contribution in [0, 0.1) is 0 Å². The summed E-state index contributed by atoms with van der Waals surface area (Å²) in [6.07, 6.45) is 0. The van der Waals surface area contributed by atoms with Crippen molar-refractivity contribution < 1.29 is 13.7 Å². The first-order valence-electron chi connectivity index (χ1n) is 3.08. The maximum Gasteiger partial charge on any atom is 0.334 e. The molecule has 5 heteroatoms. The molecule has 0 N–H and O–H groups in total. The summed E-state index contributed by atoms with van der Waals surface area (Å²) in [5.41, 5.74) is -0.433. The van der Waals surface area contributed by atoms with Gasteiger partial charge in [0.2, 0.25) is 0 Å². The highest BCUT2D eigenvalue weighted by molar-refractivity contribution is 9.49. The molecule has 0 saturated carbocycles. The highest BCUT2D eigenvalue weighted by atomic mass is 79.9. The van der Waals surface area contributed by atoms with Gasteiger partial charge < -0.3 is 4.74 Å².